The monoisotopic (exact) mass is 782 g/mol. The predicted octanol–water partition coefficient (Wildman–Crippen LogP) is 11.4. The number of benzene rings is 8. The second kappa shape index (κ2) is 13.0. The first-order chi connectivity index (χ1) is 28.6. The molecule has 9 aromatic rings. The van der Waals surface area contributed by atoms with Gasteiger partial charge in [0.15, 0.2) is 23.0 Å². The van der Waals surface area contributed by atoms with E-state index in [1.807, 2.05) is 42.5 Å². The Labute approximate surface area is 334 Å². The van der Waals surface area contributed by atoms with Crippen LogP contribution in [0.15, 0.2) is 126 Å². The topological polar surface area (TPSA) is 195 Å². The van der Waals surface area contributed by atoms with Gasteiger partial charge >= 0.3 is 0 Å². The minimum Gasteiger partial charge on any atom is -0.506 e. The molecule has 0 bridgehead atoms. The van der Waals surface area contributed by atoms with Crippen LogP contribution in [0.5, 0.6) is 51.7 Å². The number of rotatable bonds is 4. The van der Waals surface area contributed by atoms with Crippen LogP contribution in [-0.4, -0.2) is 46.0 Å². The van der Waals surface area contributed by atoms with E-state index < -0.39 is 68.4 Å². The molecule has 0 aliphatic heterocycles. The molecule has 0 spiro atoms. The molecule has 1 heterocycles. The SMILES string of the molecule is Oc1c(O)c(O)c(-c2c(O)c(O)c(O)c(-c3c4ccccc4c(-c4cccc5oc6c7ccc(C8C=CC=CCC8)cc7ccc6c45)c4ccccc34)c2O)c(O)c1O. The smallest absolute Gasteiger partial charge is 0.208 e. The Bertz CT molecular complexity index is 3250. The van der Waals surface area contributed by atoms with Crippen molar-refractivity contribution in [2.45, 2.75) is 18.8 Å². The third-order valence-electron chi connectivity index (χ3n) is 11.6. The summed E-state index contributed by atoms with van der Waals surface area (Å²) in [4.78, 5) is 0. The van der Waals surface area contributed by atoms with Crippen LogP contribution in [0, 0.1) is 0 Å². The Morgan fingerprint density at radius 3 is 1.63 bits per heavy atom. The van der Waals surface area contributed by atoms with Crippen molar-refractivity contribution in [3.05, 3.63) is 127 Å². The zero-order valence-corrected chi connectivity index (χ0v) is 31.0. The summed E-state index contributed by atoms with van der Waals surface area (Å²) in [7, 11) is 0. The van der Waals surface area contributed by atoms with Crippen molar-refractivity contribution in [1.82, 2.24) is 0 Å². The van der Waals surface area contributed by atoms with E-state index in [0.29, 0.717) is 33.0 Å². The van der Waals surface area contributed by atoms with Crippen molar-refractivity contribution >= 4 is 54.3 Å². The van der Waals surface area contributed by atoms with E-state index in [2.05, 4.69) is 54.6 Å². The van der Waals surface area contributed by atoms with Crippen molar-refractivity contribution < 1.29 is 50.4 Å². The zero-order valence-electron chi connectivity index (χ0n) is 31.0. The number of hydrogen-bond acceptors (Lipinski definition) is 10. The zero-order chi connectivity index (χ0) is 40.9. The maximum Gasteiger partial charge on any atom is 0.208 e. The molecule has 1 aromatic heterocycles. The Balaban J connectivity index is 1.25. The van der Waals surface area contributed by atoms with E-state index in [-0.39, 0.29) is 5.56 Å². The molecule has 1 aliphatic carbocycles. The fraction of sp³-hybridized carbons (Fsp3) is 0.0612. The highest BCUT2D eigenvalue weighted by atomic mass is 16.4. The molecule has 0 saturated heterocycles. The summed E-state index contributed by atoms with van der Waals surface area (Å²) >= 11 is 0. The van der Waals surface area contributed by atoms with E-state index in [1.54, 1.807) is 24.3 Å². The van der Waals surface area contributed by atoms with E-state index >= 15 is 0 Å². The molecule has 10 rings (SSSR count). The quantitative estimate of drug-likeness (QED) is 0.0471. The maximum absolute atomic E-state index is 12.0. The average molecular weight is 783 g/mol. The molecule has 0 radical (unpaired) electrons. The van der Waals surface area contributed by atoms with Crippen LogP contribution in [-0.2, 0) is 0 Å². The van der Waals surface area contributed by atoms with Crippen LogP contribution in [0.1, 0.15) is 24.3 Å². The van der Waals surface area contributed by atoms with Gasteiger partial charge in [-0.3, -0.25) is 0 Å². The first kappa shape index (κ1) is 35.4. The first-order valence-corrected chi connectivity index (χ1v) is 18.9. The number of phenolic OH excluding ortho intramolecular Hbond substituents is 9. The van der Waals surface area contributed by atoms with E-state index in [0.717, 1.165) is 51.1 Å². The average Bonchev–Trinajstić information content (AvgIpc) is 3.43. The second-order valence-electron chi connectivity index (χ2n) is 14.8. The van der Waals surface area contributed by atoms with Crippen molar-refractivity contribution in [3.8, 4) is 85.1 Å². The fourth-order valence-electron chi connectivity index (χ4n) is 8.87. The van der Waals surface area contributed by atoms with Gasteiger partial charge in [-0.25, -0.2) is 0 Å². The van der Waals surface area contributed by atoms with Gasteiger partial charge in [0.1, 0.15) is 16.9 Å². The Hall–Kier alpha value is -7.98. The van der Waals surface area contributed by atoms with Gasteiger partial charge in [0.05, 0.1) is 16.7 Å². The van der Waals surface area contributed by atoms with Crippen molar-refractivity contribution in [2.24, 2.45) is 0 Å². The molecule has 1 atom stereocenters. The summed E-state index contributed by atoms with van der Waals surface area (Å²) in [5.41, 5.74) is 2.37. The van der Waals surface area contributed by atoms with Gasteiger partial charge < -0.3 is 50.4 Å². The van der Waals surface area contributed by atoms with Crippen molar-refractivity contribution in [3.63, 3.8) is 0 Å². The molecule has 0 fully saturated rings. The molecule has 1 aliphatic rings. The molecule has 9 N–H and O–H groups in total. The minimum absolute atomic E-state index is 0.211. The third kappa shape index (κ3) is 5.06. The number of hydrogen-bond donors (Lipinski definition) is 9. The van der Waals surface area contributed by atoms with E-state index in [1.165, 1.54) is 5.56 Å². The highest BCUT2D eigenvalue weighted by molar-refractivity contribution is 6.27. The van der Waals surface area contributed by atoms with Crippen LogP contribution in [0.2, 0.25) is 0 Å². The highest BCUT2D eigenvalue weighted by Gasteiger charge is 2.34. The summed E-state index contributed by atoms with van der Waals surface area (Å²) in [5.74, 6) is -10.1. The molecule has 10 nitrogen and oxygen atoms in total. The van der Waals surface area contributed by atoms with Gasteiger partial charge in [-0.2, -0.15) is 0 Å². The molecule has 59 heavy (non-hydrogen) atoms. The number of phenols is 9. The van der Waals surface area contributed by atoms with Gasteiger partial charge in [0.25, 0.3) is 0 Å². The lowest BCUT2D eigenvalue weighted by Gasteiger charge is -2.22. The van der Waals surface area contributed by atoms with Gasteiger partial charge in [0, 0.05) is 27.6 Å². The summed E-state index contributed by atoms with van der Waals surface area (Å²) in [6, 6.07) is 31.2. The molecular weight excluding hydrogens is 749 g/mol. The molecule has 290 valence electrons. The molecule has 1 unspecified atom stereocenters. The number of fused-ring (bicyclic) bond motifs is 7. The Kier molecular flexibility index (Phi) is 7.83. The lowest BCUT2D eigenvalue weighted by Crippen LogP contribution is -1.94. The molecular formula is C49H34O10. The third-order valence-corrected chi connectivity index (χ3v) is 11.6. The van der Waals surface area contributed by atoms with Crippen LogP contribution < -0.4 is 0 Å². The Morgan fingerprint density at radius 1 is 0.441 bits per heavy atom. The normalized spacial score (nSPS) is 14.3. The van der Waals surface area contributed by atoms with E-state index in [9.17, 15) is 46.0 Å². The van der Waals surface area contributed by atoms with Crippen molar-refractivity contribution in [2.75, 3.05) is 0 Å². The van der Waals surface area contributed by atoms with Gasteiger partial charge in [0.2, 0.25) is 23.0 Å². The van der Waals surface area contributed by atoms with Crippen LogP contribution >= 0.6 is 0 Å². The van der Waals surface area contributed by atoms with Gasteiger partial charge in [-0.15, -0.1) is 0 Å². The van der Waals surface area contributed by atoms with Gasteiger partial charge in [-0.05, 0) is 68.6 Å². The van der Waals surface area contributed by atoms with Crippen molar-refractivity contribution in [1.29, 1.82) is 0 Å². The molecule has 8 aromatic carbocycles. The molecule has 10 heteroatoms. The van der Waals surface area contributed by atoms with Crippen LogP contribution in [0.25, 0.3) is 87.6 Å². The molecule has 0 amide bonds. The summed E-state index contributed by atoms with van der Waals surface area (Å²) < 4.78 is 6.67. The largest absolute Gasteiger partial charge is 0.506 e. The lowest BCUT2D eigenvalue weighted by molar-refractivity contribution is 0.329. The fourth-order valence-corrected chi connectivity index (χ4v) is 8.87. The maximum atomic E-state index is 12.0. The number of furan rings is 1. The van der Waals surface area contributed by atoms with Crippen LogP contribution in [0.3, 0.4) is 0 Å². The summed E-state index contributed by atoms with van der Waals surface area (Å²) in [6.07, 6.45) is 10.7. The summed E-state index contributed by atoms with van der Waals surface area (Å²) in [5, 5.41) is 104. The predicted molar refractivity (Wildman–Crippen MR) is 228 cm³/mol. The van der Waals surface area contributed by atoms with E-state index in [4.69, 9.17) is 4.42 Å². The van der Waals surface area contributed by atoms with Crippen LogP contribution in [0.4, 0.5) is 0 Å². The number of aromatic hydroxyl groups is 9. The number of allylic oxidation sites excluding steroid dienone is 4. The van der Waals surface area contributed by atoms with Gasteiger partial charge in [-0.1, -0.05) is 109 Å². The minimum atomic E-state index is -1.27. The summed E-state index contributed by atoms with van der Waals surface area (Å²) in [6.45, 7) is 0. The Morgan fingerprint density at radius 2 is 0.983 bits per heavy atom. The first-order valence-electron chi connectivity index (χ1n) is 18.9. The lowest BCUT2D eigenvalue weighted by atomic mass is 9.83. The standard InChI is InChI=1S/C49H34O10/c50-40-37(41(51)45(55)42(52)38(40)39-43(53)46(56)48(58)47(57)44(39)54)36-29-14-7-5-12-27(29)34(28-13-6-8-15-30(28)36)31-16-9-17-33-35(31)32-21-19-25-22-24(18-20-26(25)49(32)59-33)23-10-3-1-2-4-11-23/h1-3,5-10,12-23,50-58H,4,11H2. The second-order valence-corrected chi connectivity index (χ2v) is 14.8. The highest BCUT2D eigenvalue weighted by Crippen LogP contribution is 2.63. The molecule has 0 saturated carbocycles.